The second-order valence-corrected chi connectivity index (χ2v) is 5.16. The summed E-state index contributed by atoms with van der Waals surface area (Å²) >= 11 is 0. The lowest BCUT2D eigenvalue weighted by molar-refractivity contribution is 0.218. The van der Waals surface area contributed by atoms with Gasteiger partial charge in [0.25, 0.3) is 0 Å². The topological polar surface area (TPSA) is 34.1 Å². The van der Waals surface area contributed by atoms with Gasteiger partial charge in [-0.3, -0.25) is 0 Å². The zero-order valence-corrected chi connectivity index (χ0v) is 6.98. The van der Waals surface area contributed by atoms with Gasteiger partial charge in [-0.15, -0.1) is 3.89 Å². The van der Waals surface area contributed by atoms with Gasteiger partial charge in [0.05, 0.1) is 5.25 Å². The van der Waals surface area contributed by atoms with Gasteiger partial charge in [0.15, 0.2) is 0 Å². The van der Waals surface area contributed by atoms with E-state index in [0.717, 1.165) is 19.3 Å². The highest BCUT2D eigenvalue weighted by Crippen LogP contribution is 2.50. The summed E-state index contributed by atoms with van der Waals surface area (Å²) < 4.78 is 33.4. The van der Waals surface area contributed by atoms with Gasteiger partial charge < -0.3 is 0 Å². The summed E-state index contributed by atoms with van der Waals surface area (Å²) in [4.78, 5) is 0. The van der Waals surface area contributed by atoms with Gasteiger partial charge in [-0.2, -0.15) is 8.42 Å². The van der Waals surface area contributed by atoms with Gasteiger partial charge in [-0.25, -0.2) is 0 Å². The first kappa shape index (κ1) is 7.53. The molecule has 0 N–H and O–H groups in total. The third-order valence-corrected chi connectivity index (χ3v) is 4.36. The monoisotopic (exact) mass is 178 g/mol. The molecule has 2 nitrogen and oxygen atoms in total. The van der Waals surface area contributed by atoms with E-state index in [1.807, 2.05) is 0 Å². The lowest BCUT2D eigenvalue weighted by Crippen LogP contribution is -2.41. The Morgan fingerprint density at radius 2 is 2.00 bits per heavy atom. The highest BCUT2D eigenvalue weighted by molar-refractivity contribution is 7.87. The van der Waals surface area contributed by atoms with Gasteiger partial charge in [0, 0.05) is 0 Å². The zero-order valence-electron chi connectivity index (χ0n) is 6.16. The van der Waals surface area contributed by atoms with Gasteiger partial charge in [0.2, 0.25) is 0 Å². The Kier molecular flexibility index (Phi) is 1.50. The van der Waals surface area contributed by atoms with Crippen LogP contribution in [0.1, 0.15) is 25.7 Å². The summed E-state index contributed by atoms with van der Waals surface area (Å²) in [5, 5.41) is -0.644. The van der Waals surface area contributed by atoms with Crippen molar-refractivity contribution in [2.24, 2.45) is 11.8 Å². The number of fused-ring (bicyclic) bond motifs is 1. The van der Waals surface area contributed by atoms with Gasteiger partial charge in [0.1, 0.15) is 0 Å². The number of hydrogen-bond donors (Lipinski definition) is 0. The molecular formula is C7H11FO2S. The molecule has 0 spiro atoms. The highest BCUT2D eigenvalue weighted by atomic mass is 32.3. The van der Waals surface area contributed by atoms with E-state index in [1.54, 1.807) is 0 Å². The van der Waals surface area contributed by atoms with Crippen LogP contribution in [0.5, 0.6) is 0 Å². The van der Waals surface area contributed by atoms with Crippen LogP contribution in [-0.2, 0) is 10.2 Å². The standard InChI is InChI=1S/C7H11FO2S/c8-11(9,10)7-4-5-2-1-3-6(5)7/h5-7H,1-4H2. The van der Waals surface area contributed by atoms with E-state index in [-0.39, 0.29) is 5.92 Å². The molecule has 2 aliphatic carbocycles. The van der Waals surface area contributed by atoms with Crippen molar-refractivity contribution in [3.8, 4) is 0 Å². The van der Waals surface area contributed by atoms with Crippen molar-refractivity contribution in [2.75, 3.05) is 0 Å². The molecular weight excluding hydrogens is 167 g/mol. The summed E-state index contributed by atoms with van der Waals surface area (Å²) in [5.41, 5.74) is 0. The van der Waals surface area contributed by atoms with Crippen LogP contribution in [0.25, 0.3) is 0 Å². The molecule has 0 aromatic heterocycles. The average molecular weight is 178 g/mol. The Morgan fingerprint density at radius 3 is 2.55 bits per heavy atom. The maximum atomic E-state index is 12.4. The average Bonchev–Trinajstić information content (AvgIpc) is 2.08. The second kappa shape index (κ2) is 2.19. The van der Waals surface area contributed by atoms with Gasteiger partial charge in [-0.1, -0.05) is 12.8 Å². The maximum absolute atomic E-state index is 12.4. The van der Waals surface area contributed by atoms with Crippen molar-refractivity contribution in [1.82, 2.24) is 0 Å². The Labute approximate surface area is 66.0 Å². The number of rotatable bonds is 1. The molecule has 0 amide bonds. The molecule has 4 heteroatoms. The fraction of sp³-hybridized carbons (Fsp3) is 1.00. The molecule has 0 heterocycles. The smallest absolute Gasteiger partial charge is 0.195 e. The summed E-state index contributed by atoms with van der Waals surface area (Å²) in [6.07, 6.45) is 3.68. The van der Waals surface area contributed by atoms with Crippen LogP contribution >= 0.6 is 0 Å². The molecule has 0 aromatic carbocycles. The Balaban J connectivity index is 2.12. The second-order valence-electron chi connectivity index (χ2n) is 3.60. The molecule has 64 valence electrons. The summed E-state index contributed by atoms with van der Waals surface area (Å²) in [5.74, 6) is 0.676. The summed E-state index contributed by atoms with van der Waals surface area (Å²) in [6.45, 7) is 0. The van der Waals surface area contributed by atoms with E-state index in [2.05, 4.69) is 0 Å². The summed E-state index contributed by atoms with van der Waals surface area (Å²) in [6, 6.07) is 0. The quantitative estimate of drug-likeness (QED) is 0.570. The van der Waals surface area contributed by atoms with E-state index < -0.39 is 15.5 Å². The summed E-state index contributed by atoms with van der Waals surface area (Å²) in [7, 11) is -4.22. The normalized spacial score (nSPS) is 43.2. The van der Waals surface area contributed by atoms with E-state index >= 15 is 0 Å². The van der Waals surface area contributed by atoms with E-state index in [4.69, 9.17) is 0 Å². The maximum Gasteiger partial charge on any atom is 0.305 e. The molecule has 2 rings (SSSR count). The molecule has 0 saturated heterocycles. The lowest BCUT2D eigenvalue weighted by Gasteiger charge is -2.37. The fourth-order valence-corrected chi connectivity index (χ4v) is 3.70. The van der Waals surface area contributed by atoms with Crippen molar-refractivity contribution < 1.29 is 12.3 Å². The Hall–Kier alpha value is -0.120. The van der Waals surface area contributed by atoms with Crippen LogP contribution in [0.15, 0.2) is 0 Å². The highest BCUT2D eigenvalue weighted by Gasteiger charge is 2.50. The van der Waals surface area contributed by atoms with Crippen molar-refractivity contribution in [3.63, 3.8) is 0 Å². The van der Waals surface area contributed by atoms with E-state index in [1.165, 1.54) is 0 Å². The minimum atomic E-state index is -4.22. The number of halogens is 1. The molecule has 0 aromatic rings. The third-order valence-electron chi connectivity index (χ3n) is 3.09. The van der Waals surface area contributed by atoms with Crippen LogP contribution in [-0.4, -0.2) is 13.7 Å². The van der Waals surface area contributed by atoms with Crippen LogP contribution in [0.4, 0.5) is 3.89 Å². The molecule has 2 saturated carbocycles. The first-order valence-electron chi connectivity index (χ1n) is 4.02. The van der Waals surface area contributed by atoms with Crippen LogP contribution in [0.3, 0.4) is 0 Å². The minimum Gasteiger partial charge on any atom is -0.195 e. The van der Waals surface area contributed by atoms with Crippen molar-refractivity contribution in [2.45, 2.75) is 30.9 Å². The zero-order chi connectivity index (χ0) is 8.06. The predicted molar refractivity (Wildman–Crippen MR) is 39.3 cm³/mol. The van der Waals surface area contributed by atoms with Gasteiger partial charge >= 0.3 is 10.2 Å². The minimum absolute atomic E-state index is 0.157. The lowest BCUT2D eigenvalue weighted by atomic mass is 9.76. The molecule has 3 atom stereocenters. The van der Waals surface area contributed by atoms with E-state index in [9.17, 15) is 12.3 Å². The first-order chi connectivity index (χ1) is 5.09. The van der Waals surface area contributed by atoms with E-state index in [0.29, 0.717) is 12.3 Å². The molecule has 0 bridgehead atoms. The Morgan fingerprint density at radius 1 is 1.27 bits per heavy atom. The molecule has 11 heavy (non-hydrogen) atoms. The van der Waals surface area contributed by atoms with Crippen LogP contribution in [0, 0.1) is 11.8 Å². The van der Waals surface area contributed by atoms with Crippen molar-refractivity contribution >= 4 is 10.2 Å². The molecule has 2 aliphatic rings. The van der Waals surface area contributed by atoms with Crippen LogP contribution in [0.2, 0.25) is 0 Å². The molecule has 2 fully saturated rings. The molecule has 0 aliphatic heterocycles. The van der Waals surface area contributed by atoms with Crippen LogP contribution < -0.4 is 0 Å². The predicted octanol–water partition coefficient (Wildman–Crippen LogP) is 1.47. The third kappa shape index (κ3) is 1.08. The number of hydrogen-bond acceptors (Lipinski definition) is 2. The molecule has 3 unspecified atom stereocenters. The Bertz CT molecular complexity index is 260. The largest absolute Gasteiger partial charge is 0.305 e. The van der Waals surface area contributed by atoms with Gasteiger partial charge in [-0.05, 0) is 24.7 Å². The first-order valence-corrected chi connectivity index (χ1v) is 5.47. The van der Waals surface area contributed by atoms with Crippen molar-refractivity contribution in [1.29, 1.82) is 0 Å². The SMILES string of the molecule is O=S(=O)(F)C1CC2CCCC21. The van der Waals surface area contributed by atoms with Crippen molar-refractivity contribution in [3.05, 3.63) is 0 Å². The fourth-order valence-electron chi connectivity index (χ4n) is 2.45. The molecule has 0 radical (unpaired) electrons.